The molecule has 0 aliphatic rings. The van der Waals surface area contributed by atoms with Gasteiger partial charge < -0.3 is 4.90 Å². The number of anilines is 1. The predicted molar refractivity (Wildman–Crippen MR) is 77.0 cm³/mol. The lowest BCUT2D eigenvalue weighted by atomic mass is 10.1. The third-order valence-electron chi connectivity index (χ3n) is 3.04. The highest BCUT2D eigenvalue weighted by molar-refractivity contribution is 5.54. The van der Waals surface area contributed by atoms with Crippen molar-refractivity contribution in [1.82, 2.24) is 4.98 Å². The van der Waals surface area contributed by atoms with Crippen molar-refractivity contribution in [2.45, 2.75) is 20.4 Å². The topological polar surface area (TPSA) is 39.9 Å². The van der Waals surface area contributed by atoms with Gasteiger partial charge in [-0.25, -0.2) is 4.98 Å². The summed E-state index contributed by atoms with van der Waals surface area (Å²) in [5, 5.41) is 9.14. The van der Waals surface area contributed by atoms with Gasteiger partial charge in [0.15, 0.2) is 0 Å². The minimum Gasteiger partial charge on any atom is -0.354 e. The average Bonchev–Trinajstić information content (AvgIpc) is 2.41. The second-order valence-electron chi connectivity index (χ2n) is 4.78. The molecule has 0 aliphatic heterocycles. The standard InChI is InChI=1S/C16H17N3/c1-12-4-7-14(8-5-12)11-19(3)16-15(10-17)9-6-13(2)18-16/h4-9H,11H2,1-3H3. The van der Waals surface area contributed by atoms with E-state index in [1.165, 1.54) is 11.1 Å². The lowest BCUT2D eigenvalue weighted by molar-refractivity contribution is 0.889. The average molecular weight is 251 g/mol. The van der Waals surface area contributed by atoms with Gasteiger partial charge in [-0.15, -0.1) is 0 Å². The number of rotatable bonds is 3. The zero-order chi connectivity index (χ0) is 13.8. The lowest BCUT2D eigenvalue weighted by Crippen LogP contribution is -2.19. The Kier molecular flexibility index (Phi) is 3.82. The van der Waals surface area contributed by atoms with Crippen LogP contribution in [0.15, 0.2) is 36.4 Å². The molecule has 1 aromatic carbocycles. The van der Waals surface area contributed by atoms with E-state index < -0.39 is 0 Å². The van der Waals surface area contributed by atoms with Crippen molar-refractivity contribution in [3.8, 4) is 6.07 Å². The molecule has 1 aromatic heterocycles. The lowest BCUT2D eigenvalue weighted by Gasteiger charge is -2.19. The second kappa shape index (κ2) is 5.53. The molecule has 0 saturated heterocycles. The van der Waals surface area contributed by atoms with Crippen LogP contribution < -0.4 is 4.90 Å². The number of benzene rings is 1. The fraction of sp³-hybridized carbons (Fsp3) is 0.250. The maximum absolute atomic E-state index is 9.14. The smallest absolute Gasteiger partial charge is 0.146 e. The molecule has 0 saturated carbocycles. The van der Waals surface area contributed by atoms with Crippen LogP contribution in [-0.4, -0.2) is 12.0 Å². The molecule has 3 nitrogen and oxygen atoms in total. The zero-order valence-electron chi connectivity index (χ0n) is 11.5. The highest BCUT2D eigenvalue weighted by Crippen LogP contribution is 2.18. The number of nitrogens with zero attached hydrogens (tertiary/aromatic N) is 3. The fourth-order valence-electron chi connectivity index (χ4n) is 1.96. The molecule has 3 heteroatoms. The monoisotopic (exact) mass is 251 g/mol. The third kappa shape index (κ3) is 3.11. The van der Waals surface area contributed by atoms with E-state index in [0.29, 0.717) is 5.56 Å². The van der Waals surface area contributed by atoms with Gasteiger partial charge in [-0.3, -0.25) is 0 Å². The molecule has 2 rings (SSSR count). The highest BCUT2D eigenvalue weighted by atomic mass is 15.2. The van der Waals surface area contributed by atoms with E-state index in [2.05, 4.69) is 42.2 Å². The first-order chi connectivity index (χ1) is 9.10. The molecular formula is C16H17N3. The zero-order valence-corrected chi connectivity index (χ0v) is 11.5. The first-order valence-corrected chi connectivity index (χ1v) is 6.24. The summed E-state index contributed by atoms with van der Waals surface area (Å²) in [7, 11) is 1.96. The summed E-state index contributed by atoms with van der Waals surface area (Å²) in [6.45, 7) is 4.75. The summed E-state index contributed by atoms with van der Waals surface area (Å²) < 4.78 is 0. The molecular weight excluding hydrogens is 234 g/mol. The van der Waals surface area contributed by atoms with E-state index in [9.17, 15) is 0 Å². The van der Waals surface area contributed by atoms with Crippen LogP contribution in [-0.2, 0) is 6.54 Å². The SMILES string of the molecule is Cc1ccc(CN(C)c2nc(C)ccc2C#N)cc1. The summed E-state index contributed by atoms with van der Waals surface area (Å²) in [4.78, 5) is 6.47. The normalized spacial score (nSPS) is 10.0. The number of hydrogen-bond donors (Lipinski definition) is 0. The molecule has 1 heterocycles. The van der Waals surface area contributed by atoms with Gasteiger partial charge >= 0.3 is 0 Å². The van der Waals surface area contributed by atoms with Crippen molar-refractivity contribution in [1.29, 1.82) is 5.26 Å². The molecule has 96 valence electrons. The minimum absolute atomic E-state index is 0.611. The Hall–Kier alpha value is -2.34. The number of aryl methyl sites for hydroxylation is 2. The molecule has 0 radical (unpaired) electrons. The van der Waals surface area contributed by atoms with Gasteiger partial charge in [-0.1, -0.05) is 29.8 Å². The Labute approximate surface area is 114 Å². The first-order valence-electron chi connectivity index (χ1n) is 6.24. The van der Waals surface area contributed by atoms with Crippen molar-refractivity contribution in [3.63, 3.8) is 0 Å². The van der Waals surface area contributed by atoms with E-state index >= 15 is 0 Å². The first kappa shape index (κ1) is 13.1. The van der Waals surface area contributed by atoms with Gasteiger partial charge in [0.05, 0.1) is 5.56 Å². The van der Waals surface area contributed by atoms with Gasteiger partial charge in [-0.2, -0.15) is 5.26 Å². The number of hydrogen-bond acceptors (Lipinski definition) is 3. The minimum atomic E-state index is 0.611. The predicted octanol–water partition coefficient (Wildman–Crippen LogP) is 3.21. The quantitative estimate of drug-likeness (QED) is 0.841. The maximum atomic E-state index is 9.14. The van der Waals surface area contributed by atoms with Crippen molar-refractivity contribution >= 4 is 5.82 Å². The van der Waals surface area contributed by atoms with E-state index in [0.717, 1.165) is 18.1 Å². The Morgan fingerprint density at radius 1 is 1.11 bits per heavy atom. The van der Waals surface area contributed by atoms with Crippen LogP contribution >= 0.6 is 0 Å². The number of pyridine rings is 1. The highest BCUT2D eigenvalue weighted by Gasteiger charge is 2.09. The van der Waals surface area contributed by atoms with E-state index in [4.69, 9.17) is 5.26 Å². The number of aromatic nitrogens is 1. The fourth-order valence-corrected chi connectivity index (χ4v) is 1.96. The van der Waals surface area contributed by atoms with Crippen LogP contribution in [0.1, 0.15) is 22.4 Å². The van der Waals surface area contributed by atoms with E-state index in [1.807, 2.05) is 31.0 Å². The van der Waals surface area contributed by atoms with Crippen molar-refractivity contribution in [2.75, 3.05) is 11.9 Å². The second-order valence-corrected chi connectivity index (χ2v) is 4.78. The molecule has 0 bridgehead atoms. The summed E-state index contributed by atoms with van der Waals surface area (Å²) in [5.41, 5.74) is 3.99. The van der Waals surface area contributed by atoms with Crippen LogP contribution in [0, 0.1) is 25.2 Å². The Balaban J connectivity index is 2.25. The Morgan fingerprint density at radius 2 is 1.79 bits per heavy atom. The van der Waals surface area contributed by atoms with Gasteiger partial charge in [0.1, 0.15) is 11.9 Å². The van der Waals surface area contributed by atoms with Crippen LogP contribution in [0.5, 0.6) is 0 Å². The Morgan fingerprint density at radius 3 is 2.42 bits per heavy atom. The van der Waals surface area contributed by atoms with E-state index in [-0.39, 0.29) is 0 Å². The summed E-state index contributed by atoms with van der Waals surface area (Å²) >= 11 is 0. The van der Waals surface area contributed by atoms with Crippen LogP contribution in [0.2, 0.25) is 0 Å². The van der Waals surface area contributed by atoms with Gasteiger partial charge in [0.25, 0.3) is 0 Å². The molecule has 0 atom stereocenters. The largest absolute Gasteiger partial charge is 0.354 e. The molecule has 0 fully saturated rings. The molecule has 2 aromatic rings. The summed E-state index contributed by atoms with van der Waals surface area (Å²) in [6, 6.07) is 14.3. The molecule has 0 amide bonds. The summed E-state index contributed by atoms with van der Waals surface area (Å²) in [6.07, 6.45) is 0. The van der Waals surface area contributed by atoms with Gasteiger partial charge in [0, 0.05) is 19.3 Å². The molecule has 0 unspecified atom stereocenters. The molecule has 19 heavy (non-hydrogen) atoms. The maximum Gasteiger partial charge on any atom is 0.146 e. The van der Waals surface area contributed by atoms with Gasteiger partial charge in [-0.05, 0) is 31.5 Å². The van der Waals surface area contributed by atoms with Crippen LogP contribution in [0.25, 0.3) is 0 Å². The molecule has 0 N–H and O–H groups in total. The van der Waals surface area contributed by atoms with Crippen molar-refractivity contribution in [2.24, 2.45) is 0 Å². The third-order valence-corrected chi connectivity index (χ3v) is 3.04. The van der Waals surface area contributed by atoms with Crippen molar-refractivity contribution < 1.29 is 0 Å². The molecule has 0 spiro atoms. The summed E-state index contributed by atoms with van der Waals surface area (Å²) in [5.74, 6) is 0.739. The molecule has 0 aliphatic carbocycles. The van der Waals surface area contributed by atoms with E-state index in [1.54, 1.807) is 0 Å². The Bertz CT molecular complexity index is 609. The van der Waals surface area contributed by atoms with Crippen LogP contribution in [0.3, 0.4) is 0 Å². The van der Waals surface area contributed by atoms with Crippen LogP contribution in [0.4, 0.5) is 5.82 Å². The van der Waals surface area contributed by atoms with Gasteiger partial charge in [0.2, 0.25) is 0 Å². The number of nitriles is 1. The van der Waals surface area contributed by atoms with Crippen molar-refractivity contribution in [3.05, 3.63) is 58.8 Å².